The van der Waals surface area contributed by atoms with Crippen molar-refractivity contribution in [3.8, 4) is 0 Å². The second kappa shape index (κ2) is 7.33. The molecule has 8 heteroatoms. The SMILES string of the molecule is O=C(c1cccc(Cl)c1Cl)N1CCN(S(=O)(=O)c2ccccc2)CC1. The number of rotatable bonds is 3. The third-order valence-corrected chi connectivity index (χ3v) is 6.82. The van der Waals surface area contributed by atoms with Crippen molar-refractivity contribution >= 4 is 39.1 Å². The number of halogens is 2. The van der Waals surface area contributed by atoms with Crippen molar-refractivity contribution in [3.63, 3.8) is 0 Å². The molecule has 132 valence electrons. The minimum Gasteiger partial charge on any atom is -0.336 e. The van der Waals surface area contributed by atoms with Crippen molar-refractivity contribution in [3.05, 3.63) is 64.1 Å². The Morgan fingerprint density at radius 3 is 2.16 bits per heavy atom. The number of nitrogens with zero attached hydrogens (tertiary/aromatic N) is 2. The fourth-order valence-corrected chi connectivity index (χ4v) is 4.54. The van der Waals surface area contributed by atoms with E-state index in [9.17, 15) is 13.2 Å². The lowest BCUT2D eigenvalue weighted by atomic mass is 10.2. The normalized spacial score (nSPS) is 16.0. The molecule has 3 rings (SSSR count). The molecule has 0 aliphatic carbocycles. The van der Waals surface area contributed by atoms with E-state index in [0.29, 0.717) is 23.7 Å². The molecule has 25 heavy (non-hydrogen) atoms. The molecule has 0 radical (unpaired) electrons. The molecule has 1 aliphatic heterocycles. The van der Waals surface area contributed by atoms with Gasteiger partial charge in [0.15, 0.2) is 0 Å². The summed E-state index contributed by atoms with van der Waals surface area (Å²) >= 11 is 12.1. The summed E-state index contributed by atoms with van der Waals surface area (Å²) in [6, 6.07) is 13.2. The van der Waals surface area contributed by atoms with Crippen LogP contribution in [0.4, 0.5) is 0 Å². The zero-order chi connectivity index (χ0) is 18.0. The molecule has 0 saturated carbocycles. The van der Waals surface area contributed by atoms with Crippen molar-refractivity contribution in [2.45, 2.75) is 4.90 Å². The van der Waals surface area contributed by atoms with Gasteiger partial charge in [0.1, 0.15) is 0 Å². The number of carbonyl (C=O) groups is 1. The second-order valence-corrected chi connectivity index (χ2v) is 8.33. The van der Waals surface area contributed by atoms with Crippen LogP contribution in [0.25, 0.3) is 0 Å². The van der Waals surface area contributed by atoms with Gasteiger partial charge in [-0.1, -0.05) is 47.5 Å². The highest BCUT2D eigenvalue weighted by Gasteiger charge is 2.30. The fourth-order valence-electron chi connectivity index (χ4n) is 2.71. The van der Waals surface area contributed by atoms with E-state index >= 15 is 0 Å². The third-order valence-electron chi connectivity index (χ3n) is 4.09. The molecule has 0 atom stereocenters. The Morgan fingerprint density at radius 2 is 1.52 bits per heavy atom. The Morgan fingerprint density at radius 1 is 0.880 bits per heavy atom. The monoisotopic (exact) mass is 398 g/mol. The van der Waals surface area contributed by atoms with Crippen LogP contribution < -0.4 is 0 Å². The lowest BCUT2D eigenvalue weighted by molar-refractivity contribution is 0.0698. The molecule has 0 spiro atoms. The Kier molecular flexibility index (Phi) is 5.34. The number of amides is 1. The Hall–Kier alpha value is -1.60. The maximum Gasteiger partial charge on any atom is 0.255 e. The highest BCUT2D eigenvalue weighted by Crippen LogP contribution is 2.27. The maximum absolute atomic E-state index is 12.6. The van der Waals surface area contributed by atoms with E-state index in [0.717, 1.165) is 0 Å². The molecule has 5 nitrogen and oxygen atoms in total. The van der Waals surface area contributed by atoms with Crippen LogP contribution in [0.3, 0.4) is 0 Å². The van der Waals surface area contributed by atoms with E-state index in [-0.39, 0.29) is 28.9 Å². The first-order chi connectivity index (χ1) is 11.9. The molecule has 1 heterocycles. The highest BCUT2D eigenvalue weighted by molar-refractivity contribution is 7.89. The van der Waals surface area contributed by atoms with Gasteiger partial charge in [-0.2, -0.15) is 4.31 Å². The fraction of sp³-hybridized carbons (Fsp3) is 0.235. The number of hydrogen-bond acceptors (Lipinski definition) is 3. The van der Waals surface area contributed by atoms with Crippen LogP contribution in [0, 0.1) is 0 Å². The van der Waals surface area contributed by atoms with Crippen molar-refractivity contribution in [1.82, 2.24) is 9.21 Å². The molecule has 1 saturated heterocycles. The number of hydrogen-bond donors (Lipinski definition) is 0. The summed E-state index contributed by atoms with van der Waals surface area (Å²) in [5.41, 5.74) is 0.327. The standard InChI is InChI=1S/C17H16Cl2N2O3S/c18-15-8-4-7-14(16(15)19)17(22)20-9-11-21(12-10-20)25(23,24)13-5-2-1-3-6-13/h1-8H,9-12H2. The minimum atomic E-state index is -3.54. The van der Waals surface area contributed by atoms with Crippen LogP contribution in [-0.2, 0) is 10.0 Å². The van der Waals surface area contributed by atoms with E-state index in [1.165, 1.54) is 4.31 Å². The molecule has 2 aromatic carbocycles. The molecule has 2 aromatic rings. The number of carbonyl (C=O) groups excluding carboxylic acids is 1. The molecule has 0 bridgehead atoms. The first kappa shape index (κ1) is 18.2. The van der Waals surface area contributed by atoms with Crippen LogP contribution in [-0.4, -0.2) is 49.7 Å². The largest absolute Gasteiger partial charge is 0.336 e. The van der Waals surface area contributed by atoms with E-state index in [2.05, 4.69) is 0 Å². The zero-order valence-electron chi connectivity index (χ0n) is 13.2. The number of benzene rings is 2. The molecule has 1 fully saturated rings. The molecular formula is C17H16Cl2N2O3S. The van der Waals surface area contributed by atoms with Gasteiger partial charge in [-0.05, 0) is 24.3 Å². The summed E-state index contributed by atoms with van der Waals surface area (Å²) in [7, 11) is -3.54. The van der Waals surface area contributed by atoms with Gasteiger partial charge in [-0.25, -0.2) is 8.42 Å². The van der Waals surface area contributed by atoms with Crippen molar-refractivity contribution in [1.29, 1.82) is 0 Å². The second-order valence-electron chi connectivity index (χ2n) is 5.61. The van der Waals surface area contributed by atoms with Crippen molar-refractivity contribution < 1.29 is 13.2 Å². The van der Waals surface area contributed by atoms with E-state index in [4.69, 9.17) is 23.2 Å². The van der Waals surface area contributed by atoms with Crippen LogP contribution in [0.1, 0.15) is 10.4 Å². The Labute approximate surface area is 156 Å². The molecule has 0 N–H and O–H groups in total. The summed E-state index contributed by atoms with van der Waals surface area (Å²) in [5.74, 6) is -0.246. The van der Waals surface area contributed by atoms with Gasteiger partial charge < -0.3 is 4.90 Å². The smallest absolute Gasteiger partial charge is 0.255 e. The van der Waals surface area contributed by atoms with E-state index in [1.54, 1.807) is 53.4 Å². The van der Waals surface area contributed by atoms with Gasteiger partial charge >= 0.3 is 0 Å². The quantitative estimate of drug-likeness (QED) is 0.797. The van der Waals surface area contributed by atoms with Crippen molar-refractivity contribution in [2.75, 3.05) is 26.2 Å². The lowest BCUT2D eigenvalue weighted by Gasteiger charge is -2.34. The van der Waals surface area contributed by atoms with Gasteiger partial charge in [-0.3, -0.25) is 4.79 Å². The first-order valence-electron chi connectivity index (χ1n) is 7.70. The number of sulfonamides is 1. The summed E-state index contributed by atoms with van der Waals surface area (Å²) < 4.78 is 26.6. The third kappa shape index (κ3) is 3.67. The first-order valence-corrected chi connectivity index (χ1v) is 9.89. The van der Waals surface area contributed by atoms with E-state index in [1.807, 2.05) is 0 Å². The van der Waals surface area contributed by atoms with Gasteiger partial charge in [0.25, 0.3) is 5.91 Å². The molecule has 1 aliphatic rings. The average Bonchev–Trinajstić information content (AvgIpc) is 2.64. The summed E-state index contributed by atoms with van der Waals surface area (Å²) in [5, 5.41) is 0.534. The van der Waals surface area contributed by atoms with Crippen LogP contribution in [0.5, 0.6) is 0 Å². The van der Waals surface area contributed by atoms with Crippen LogP contribution >= 0.6 is 23.2 Å². The van der Waals surface area contributed by atoms with Crippen LogP contribution in [0.2, 0.25) is 10.0 Å². The van der Waals surface area contributed by atoms with Gasteiger partial charge in [-0.15, -0.1) is 0 Å². The minimum absolute atomic E-state index is 0.216. The molecule has 0 unspecified atom stereocenters. The highest BCUT2D eigenvalue weighted by atomic mass is 35.5. The molecule has 0 aromatic heterocycles. The van der Waals surface area contributed by atoms with Crippen molar-refractivity contribution in [2.24, 2.45) is 0 Å². The van der Waals surface area contributed by atoms with Gasteiger partial charge in [0.05, 0.1) is 20.5 Å². The molecule has 1 amide bonds. The topological polar surface area (TPSA) is 57.7 Å². The van der Waals surface area contributed by atoms with Crippen LogP contribution in [0.15, 0.2) is 53.4 Å². The predicted octanol–water partition coefficient (Wildman–Crippen LogP) is 3.14. The summed E-state index contributed by atoms with van der Waals surface area (Å²) in [6.45, 7) is 1.07. The summed E-state index contributed by atoms with van der Waals surface area (Å²) in [6.07, 6.45) is 0. The predicted molar refractivity (Wildman–Crippen MR) is 97.6 cm³/mol. The summed E-state index contributed by atoms with van der Waals surface area (Å²) in [4.78, 5) is 14.5. The Balaban J connectivity index is 1.72. The maximum atomic E-state index is 12.6. The zero-order valence-corrected chi connectivity index (χ0v) is 15.6. The lowest BCUT2D eigenvalue weighted by Crippen LogP contribution is -2.50. The van der Waals surface area contributed by atoms with Gasteiger partial charge in [0.2, 0.25) is 10.0 Å². The Bertz CT molecular complexity index is 880. The molecular weight excluding hydrogens is 383 g/mol. The van der Waals surface area contributed by atoms with Gasteiger partial charge in [0, 0.05) is 26.2 Å². The average molecular weight is 399 g/mol. The van der Waals surface area contributed by atoms with E-state index < -0.39 is 10.0 Å². The number of piperazine rings is 1.